The molecule has 0 fully saturated rings. The molecule has 0 atom stereocenters. The lowest BCUT2D eigenvalue weighted by atomic mass is 10.3. The highest BCUT2D eigenvalue weighted by molar-refractivity contribution is 9.10. The molecule has 0 bridgehead atoms. The van der Waals surface area contributed by atoms with Crippen LogP contribution in [0.4, 0.5) is 0 Å². The molecule has 0 aliphatic rings. The van der Waals surface area contributed by atoms with E-state index in [1.54, 1.807) is 7.11 Å². The number of aromatic nitrogens is 4. The molecular formula is C14H14BrN5O2S. The maximum Gasteiger partial charge on any atom is 0.270 e. The quantitative estimate of drug-likeness (QED) is 0.660. The van der Waals surface area contributed by atoms with Gasteiger partial charge < -0.3 is 9.30 Å². The van der Waals surface area contributed by atoms with Crippen LogP contribution in [-0.4, -0.2) is 39.0 Å². The van der Waals surface area contributed by atoms with Crippen molar-refractivity contribution in [1.29, 1.82) is 0 Å². The van der Waals surface area contributed by atoms with Gasteiger partial charge in [-0.05, 0) is 18.2 Å². The Hall–Kier alpha value is -1.84. The fourth-order valence-electron chi connectivity index (χ4n) is 2.13. The zero-order valence-corrected chi connectivity index (χ0v) is 14.7. The van der Waals surface area contributed by atoms with Gasteiger partial charge in [-0.3, -0.25) is 4.79 Å². The molecule has 0 aliphatic carbocycles. The van der Waals surface area contributed by atoms with Gasteiger partial charge in [0, 0.05) is 18.1 Å². The molecule has 120 valence electrons. The number of carbonyl (C=O) groups excluding carboxylic acids is 1. The molecule has 0 saturated carbocycles. The number of carbonyl (C=O) groups is 1. The fraction of sp³-hybridized carbons (Fsp3) is 0.286. The molecule has 7 nitrogen and oxygen atoms in total. The van der Waals surface area contributed by atoms with Crippen LogP contribution in [-0.2, 0) is 22.6 Å². The van der Waals surface area contributed by atoms with Crippen molar-refractivity contribution in [3.8, 4) is 0 Å². The number of methoxy groups -OCH3 is 1. The van der Waals surface area contributed by atoms with Crippen molar-refractivity contribution < 1.29 is 9.53 Å². The molecule has 0 saturated heterocycles. The summed E-state index contributed by atoms with van der Waals surface area (Å²) in [6.45, 7) is 1.25. The highest BCUT2D eigenvalue weighted by atomic mass is 79.9. The largest absolute Gasteiger partial charge is 0.383 e. The Morgan fingerprint density at radius 3 is 3.09 bits per heavy atom. The van der Waals surface area contributed by atoms with Gasteiger partial charge in [0.2, 0.25) is 0 Å². The van der Waals surface area contributed by atoms with Crippen LogP contribution < -0.4 is 4.80 Å². The van der Waals surface area contributed by atoms with E-state index in [-0.39, 0.29) is 12.5 Å². The van der Waals surface area contributed by atoms with Crippen molar-refractivity contribution in [2.75, 3.05) is 13.7 Å². The number of hydrogen-bond acceptors (Lipinski definition) is 5. The van der Waals surface area contributed by atoms with Crippen molar-refractivity contribution in [2.45, 2.75) is 13.1 Å². The lowest BCUT2D eigenvalue weighted by Crippen LogP contribution is -2.20. The van der Waals surface area contributed by atoms with Crippen molar-refractivity contribution in [1.82, 2.24) is 19.3 Å². The van der Waals surface area contributed by atoms with Crippen LogP contribution in [0.2, 0.25) is 0 Å². The third kappa shape index (κ3) is 3.74. The summed E-state index contributed by atoms with van der Waals surface area (Å²) >= 11 is 4.94. The number of hydrogen-bond donors (Lipinski definition) is 0. The Morgan fingerprint density at radius 1 is 1.48 bits per heavy atom. The molecule has 2 heterocycles. The Labute approximate surface area is 144 Å². The minimum atomic E-state index is -0.271. The topological polar surface area (TPSA) is 74.3 Å². The van der Waals surface area contributed by atoms with E-state index in [4.69, 9.17) is 4.74 Å². The normalized spacial score (nSPS) is 12.2. The first-order valence-corrected chi connectivity index (χ1v) is 8.46. The van der Waals surface area contributed by atoms with Gasteiger partial charge in [0.25, 0.3) is 5.91 Å². The Kier molecular flexibility index (Phi) is 4.99. The standard InChI is InChI=1S/C14H14BrN5O2S/c1-22-5-4-20-11-3-2-10(15)6-12(11)23-14(20)18-13(21)7-19-9-16-8-17-19/h2-3,6,8-9H,4-5,7H2,1H3. The van der Waals surface area contributed by atoms with Crippen LogP contribution in [0.5, 0.6) is 0 Å². The smallest absolute Gasteiger partial charge is 0.270 e. The summed E-state index contributed by atoms with van der Waals surface area (Å²) in [5, 5.41) is 3.92. The van der Waals surface area contributed by atoms with Crippen molar-refractivity contribution in [3.63, 3.8) is 0 Å². The van der Waals surface area contributed by atoms with E-state index in [0.29, 0.717) is 18.0 Å². The molecule has 0 aliphatic heterocycles. The number of nitrogens with zero attached hydrogens (tertiary/aromatic N) is 5. The van der Waals surface area contributed by atoms with Crippen LogP contribution in [0.15, 0.2) is 40.3 Å². The summed E-state index contributed by atoms with van der Waals surface area (Å²) < 4.78 is 10.7. The summed E-state index contributed by atoms with van der Waals surface area (Å²) in [4.78, 5) is 20.9. The van der Waals surface area contributed by atoms with Gasteiger partial charge >= 0.3 is 0 Å². The zero-order chi connectivity index (χ0) is 16.2. The van der Waals surface area contributed by atoms with Crippen LogP contribution in [0.25, 0.3) is 10.2 Å². The molecule has 0 radical (unpaired) electrons. The Morgan fingerprint density at radius 2 is 2.35 bits per heavy atom. The van der Waals surface area contributed by atoms with Crippen LogP contribution >= 0.6 is 27.3 Å². The van der Waals surface area contributed by atoms with Crippen molar-refractivity contribution >= 4 is 43.4 Å². The Balaban J connectivity index is 2.00. The van der Waals surface area contributed by atoms with Gasteiger partial charge in [-0.2, -0.15) is 10.1 Å². The molecule has 3 rings (SSSR count). The van der Waals surface area contributed by atoms with Gasteiger partial charge in [-0.1, -0.05) is 27.3 Å². The van der Waals surface area contributed by atoms with Crippen molar-refractivity contribution in [3.05, 3.63) is 40.1 Å². The van der Waals surface area contributed by atoms with Crippen LogP contribution in [0.3, 0.4) is 0 Å². The number of amides is 1. The lowest BCUT2D eigenvalue weighted by molar-refractivity contribution is -0.118. The molecule has 1 aromatic carbocycles. The molecule has 3 aromatic rings. The minimum Gasteiger partial charge on any atom is -0.383 e. The summed E-state index contributed by atoms with van der Waals surface area (Å²) in [7, 11) is 1.65. The molecule has 1 amide bonds. The molecule has 0 unspecified atom stereocenters. The van der Waals surface area contributed by atoms with E-state index >= 15 is 0 Å². The third-order valence-corrected chi connectivity index (χ3v) is 4.68. The summed E-state index contributed by atoms with van der Waals surface area (Å²) in [5.41, 5.74) is 1.03. The first kappa shape index (κ1) is 16.0. The van der Waals surface area contributed by atoms with E-state index in [2.05, 4.69) is 31.0 Å². The summed E-state index contributed by atoms with van der Waals surface area (Å²) in [6, 6.07) is 6.00. The summed E-state index contributed by atoms with van der Waals surface area (Å²) in [6.07, 6.45) is 2.89. The van der Waals surface area contributed by atoms with Gasteiger partial charge in [0.05, 0.1) is 16.8 Å². The van der Waals surface area contributed by atoms with E-state index in [9.17, 15) is 4.79 Å². The Bertz CT molecular complexity index is 884. The van der Waals surface area contributed by atoms with Gasteiger partial charge in [-0.15, -0.1) is 0 Å². The van der Waals surface area contributed by atoms with Gasteiger partial charge in [0.1, 0.15) is 19.2 Å². The second-order valence-electron chi connectivity index (χ2n) is 4.74. The fourth-order valence-corrected chi connectivity index (χ4v) is 3.75. The van der Waals surface area contributed by atoms with E-state index in [1.807, 2.05) is 22.8 Å². The van der Waals surface area contributed by atoms with E-state index in [1.165, 1.54) is 28.7 Å². The molecule has 2 aromatic heterocycles. The lowest BCUT2D eigenvalue weighted by Gasteiger charge is -2.04. The molecular weight excluding hydrogens is 382 g/mol. The number of benzene rings is 1. The SMILES string of the molecule is COCCn1c(=NC(=O)Cn2cncn2)sc2cc(Br)ccc21. The van der Waals surface area contributed by atoms with Gasteiger partial charge in [-0.25, -0.2) is 9.67 Å². The van der Waals surface area contributed by atoms with Crippen LogP contribution in [0, 0.1) is 0 Å². The number of fused-ring (bicyclic) bond motifs is 1. The number of rotatable bonds is 5. The number of ether oxygens (including phenoxy) is 1. The third-order valence-electron chi connectivity index (χ3n) is 3.15. The monoisotopic (exact) mass is 395 g/mol. The maximum atomic E-state index is 12.1. The second-order valence-corrected chi connectivity index (χ2v) is 6.66. The molecule has 0 N–H and O–H groups in total. The first-order chi connectivity index (χ1) is 11.2. The highest BCUT2D eigenvalue weighted by Crippen LogP contribution is 2.22. The minimum absolute atomic E-state index is 0.0716. The van der Waals surface area contributed by atoms with Gasteiger partial charge in [0.15, 0.2) is 4.80 Å². The first-order valence-electron chi connectivity index (χ1n) is 6.85. The number of halogens is 1. The average molecular weight is 396 g/mol. The average Bonchev–Trinajstić information content (AvgIpc) is 3.12. The van der Waals surface area contributed by atoms with Crippen LogP contribution in [0.1, 0.15) is 0 Å². The second kappa shape index (κ2) is 7.16. The molecule has 9 heteroatoms. The van der Waals surface area contributed by atoms with E-state index < -0.39 is 0 Å². The zero-order valence-electron chi connectivity index (χ0n) is 12.3. The predicted octanol–water partition coefficient (Wildman–Crippen LogP) is 1.83. The number of thiazole rings is 1. The highest BCUT2D eigenvalue weighted by Gasteiger charge is 2.09. The van der Waals surface area contributed by atoms with Crippen molar-refractivity contribution in [2.24, 2.45) is 4.99 Å². The summed E-state index contributed by atoms with van der Waals surface area (Å²) in [5.74, 6) is -0.271. The van der Waals surface area contributed by atoms with E-state index in [0.717, 1.165) is 14.7 Å². The molecule has 0 spiro atoms. The maximum absolute atomic E-state index is 12.1. The predicted molar refractivity (Wildman–Crippen MR) is 90.0 cm³/mol. The molecule has 23 heavy (non-hydrogen) atoms.